The van der Waals surface area contributed by atoms with E-state index in [-0.39, 0.29) is 13.4 Å². The first kappa shape index (κ1) is 13.9. The average Bonchev–Trinajstić information content (AvgIpc) is 3.22. The third-order valence-corrected chi connectivity index (χ3v) is 3.53. The maximum absolute atomic E-state index is 5.82. The standard InChI is InChI=1S/C16H11ClN2O4/c17-11-2-4-12(5-3-11)20-8-15-18-16(19-23-15)10-1-6-13-14(7-10)22-9-21-13/h1-7H,8-9H2. The first-order valence-corrected chi connectivity index (χ1v) is 7.27. The van der Waals surface area contributed by atoms with Crippen LogP contribution in [0.1, 0.15) is 5.89 Å². The van der Waals surface area contributed by atoms with Gasteiger partial charge < -0.3 is 18.7 Å². The topological polar surface area (TPSA) is 66.6 Å². The van der Waals surface area contributed by atoms with Gasteiger partial charge in [0.1, 0.15) is 5.75 Å². The highest BCUT2D eigenvalue weighted by Gasteiger charge is 2.16. The van der Waals surface area contributed by atoms with Crippen LogP contribution >= 0.6 is 11.6 Å². The zero-order valence-corrected chi connectivity index (χ0v) is 12.6. The molecule has 0 bridgehead atoms. The molecule has 23 heavy (non-hydrogen) atoms. The Morgan fingerprint density at radius 2 is 1.87 bits per heavy atom. The molecule has 1 aromatic heterocycles. The van der Waals surface area contributed by atoms with Gasteiger partial charge in [0.2, 0.25) is 12.6 Å². The number of fused-ring (bicyclic) bond motifs is 1. The van der Waals surface area contributed by atoms with Gasteiger partial charge in [0.15, 0.2) is 18.1 Å². The Labute approximate surface area is 136 Å². The summed E-state index contributed by atoms with van der Waals surface area (Å²) in [6.07, 6.45) is 0. The molecule has 0 unspecified atom stereocenters. The highest BCUT2D eigenvalue weighted by Crippen LogP contribution is 2.35. The van der Waals surface area contributed by atoms with Gasteiger partial charge in [-0.15, -0.1) is 0 Å². The molecule has 0 saturated heterocycles. The summed E-state index contributed by atoms with van der Waals surface area (Å²) in [6, 6.07) is 12.5. The molecule has 0 fully saturated rings. The normalized spacial score (nSPS) is 12.4. The van der Waals surface area contributed by atoms with Crippen molar-refractivity contribution in [1.82, 2.24) is 10.1 Å². The summed E-state index contributed by atoms with van der Waals surface area (Å²) in [5.41, 5.74) is 0.788. The second-order valence-electron chi connectivity index (χ2n) is 4.82. The molecule has 3 aromatic rings. The van der Waals surface area contributed by atoms with Gasteiger partial charge in [-0.3, -0.25) is 0 Å². The Hall–Kier alpha value is -2.73. The largest absolute Gasteiger partial charge is 0.484 e. The van der Waals surface area contributed by atoms with Crippen molar-refractivity contribution in [1.29, 1.82) is 0 Å². The SMILES string of the molecule is Clc1ccc(OCc2nc(-c3ccc4c(c3)OCO4)no2)cc1. The van der Waals surface area contributed by atoms with E-state index in [1.807, 2.05) is 18.2 Å². The van der Waals surface area contributed by atoms with E-state index < -0.39 is 0 Å². The number of hydrogen-bond acceptors (Lipinski definition) is 6. The molecule has 4 rings (SSSR count). The number of aromatic nitrogens is 2. The number of rotatable bonds is 4. The van der Waals surface area contributed by atoms with Crippen LogP contribution in [0, 0.1) is 0 Å². The summed E-state index contributed by atoms with van der Waals surface area (Å²) in [7, 11) is 0. The quantitative estimate of drug-likeness (QED) is 0.726. The summed E-state index contributed by atoms with van der Waals surface area (Å²) < 4.78 is 21.4. The molecule has 0 atom stereocenters. The van der Waals surface area contributed by atoms with Crippen molar-refractivity contribution in [3.05, 3.63) is 53.4 Å². The molecule has 1 aliphatic heterocycles. The van der Waals surface area contributed by atoms with Gasteiger partial charge in [-0.2, -0.15) is 4.98 Å². The Balaban J connectivity index is 1.47. The molecular weight excluding hydrogens is 320 g/mol. The molecule has 6 nitrogen and oxygen atoms in total. The summed E-state index contributed by atoms with van der Waals surface area (Å²) in [5.74, 6) is 2.91. The van der Waals surface area contributed by atoms with Gasteiger partial charge in [0.05, 0.1) is 0 Å². The van der Waals surface area contributed by atoms with Gasteiger partial charge in [-0.05, 0) is 42.5 Å². The molecule has 2 heterocycles. The van der Waals surface area contributed by atoms with Crippen LogP contribution in [-0.4, -0.2) is 16.9 Å². The molecule has 2 aromatic carbocycles. The molecule has 7 heteroatoms. The van der Waals surface area contributed by atoms with Gasteiger partial charge in [0, 0.05) is 10.6 Å². The molecule has 0 spiro atoms. The van der Waals surface area contributed by atoms with Crippen molar-refractivity contribution in [3.8, 4) is 28.6 Å². The lowest BCUT2D eigenvalue weighted by atomic mass is 10.2. The van der Waals surface area contributed by atoms with Crippen LogP contribution in [0.3, 0.4) is 0 Å². The Kier molecular flexibility index (Phi) is 3.51. The van der Waals surface area contributed by atoms with Gasteiger partial charge in [-0.25, -0.2) is 0 Å². The lowest BCUT2D eigenvalue weighted by molar-refractivity contribution is 0.174. The van der Waals surface area contributed by atoms with Crippen LogP contribution in [0.5, 0.6) is 17.2 Å². The second kappa shape index (κ2) is 5.81. The maximum Gasteiger partial charge on any atom is 0.264 e. The minimum Gasteiger partial charge on any atom is -0.484 e. The van der Waals surface area contributed by atoms with Crippen LogP contribution in [0.15, 0.2) is 47.0 Å². The third kappa shape index (κ3) is 2.93. The molecule has 0 amide bonds. The van der Waals surface area contributed by atoms with E-state index >= 15 is 0 Å². The average molecular weight is 331 g/mol. The van der Waals surface area contributed by atoms with Crippen LogP contribution < -0.4 is 14.2 Å². The molecule has 0 radical (unpaired) electrons. The van der Waals surface area contributed by atoms with Crippen molar-refractivity contribution in [2.45, 2.75) is 6.61 Å². The van der Waals surface area contributed by atoms with E-state index in [0.717, 1.165) is 5.56 Å². The summed E-state index contributed by atoms with van der Waals surface area (Å²) in [6.45, 7) is 0.407. The number of nitrogens with zero attached hydrogens (tertiary/aromatic N) is 2. The highest BCUT2D eigenvalue weighted by molar-refractivity contribution is 6.30. The van der Waals surface area contributed by atoms with Gasteiger partial charge in [0.25, 0.3) is 5.89 Å². The number of halogens is 1. The number of benzene rings is 2. The minimum atomic E-state index is 0.180. The third-order valence-electron chi connectivity index (χ3n) is 3.27. The van der Waals surface area contributed by atoms with Crippen LogP contribution in [-0.2, 0) is 6.61 Å². The maximum atomic E-state index is 5.82. The van der Waals surface area contributed by atoms with Crippen molar-refractivity contribution >= 4 is 11.6 Å². The van der Waals surface area contributed by atoms with Gasteiger partial charge in [-0.1, -0.05) is 16.8 Å². The van der Waals surface area contributed by atoms with Crippen molar-refractivity contribution < 1.29 is 18.7 Å². The smallest absolute Gasteiger partial charge is 0.264 e. The monoisotopic (exact) mass is 330 g/mol. The predicted octanol–water partition coefficient (Wildman–Crippen LogP) is 3.70. The van der Waals surface area contributed by atoms with E-state index in [9.17, 15) is 0 Å². The number of ether oxygens (including phenoxy) is 3. The molecule has 116 valence electrons. The van der Waals surface area contributed by atoms with E-state index in [2.05, 4.69) is 10.1 Å². The minimum absolute atomic E-state index is 0.180. The first-order chi connectivity index (χ1) is 11.3. The van der Waals surface area contributed by atoms with Gasteiger partial charge >= 0.3 is 0 Å². The fraction of sp³-hybridized carbons (Fsp3) is 0.125. The predicted molar refractivity (Wildman–Crippen MR) is 81.6 cm³/mol. The lowest BCUT2D eigenvalue weighted by Crippen LogP contribution is -1.95. The van der Waals surface area contributed by atoms with E-state index in [1.54, 1.807) is 24.3 Å². The van der Waals surface area contributed by atoms with Crippen LogP contribution in [0.2, 0.25) is 5.02 Å². The Bertz CT molecular complexity index is 832. The zero-order chi connectivity index (χ0) is 15.6. The van der Waals surface area contributed by atoms with Crippen molar-refractivity contribution in [2.24, 2.45) is 0 Å². The van der Waals surface area contributed by atoms with Crippen LogP contribution in [0.4, 0.5) is 0 Å². The van der Waals surface area contributed by atoms with Crippen molar-refractivity contribution in [2.75, 3.05) is 6.79 Å². The molecular formula is C16H11ClN2O4. The molecule has 0 aliphatic carbocycles. The zero-order valence-electron chi connectivity index (χ0n) is 11.9. The highest BCUT2D eigenvalue weighted by atomic mass is 35.5. The van der Waals surface area contributed by atoms with E-state index in [0.29, 0.717) is 34.0 Å². The fourth-order valence-corrected chi connectivity index (χ4v) is 2.27. The van der Waals surface area contributed by atoms with Crippen molar-refractivity contribution in [3.63, 3.8) is 0 Å². The summed E-state index contributed by atoms with van der Waals surface area (Å²) in [5, 5.41) is 4.61. The molecule has 1 aliphatic rings. The Morgan fingerprint density at radius 3 is 2.74 bits per heavy atom. The lowest BCUT2D eigenvalue weighted by Gasteiger charge is -2.02. The summed E-state index contributed by atoms with van der Waals surface area (Å²) >= 11 is 5.82. The number of hydrogen-bond donors (Lipinski definition) is 0. The van der Waals surface area contributed by atoms with Crippen LogP contribution in [0.25, 0.3) is 11.4 Å². The molecule has 0 N–H and O–H groups in total. The summed E-state index contributed by atoms with van der Waals surface area (Å²) in [4.78, 5) is 4.31. The molecule has 0 saturated carbocycles. The second-order valence-corrected chi connectivity index (χ2v) is 5.26. The first-order valence-electron chi connectivity index (χ1n) is 6.89. The van der Waals surface area contributed by atoms with E-state index in [4.69, 9.17) is 30.3 Å². The van der Waals surface area contributed by atoms with E-state index in [1.165, 1.54) is 0 Å². The Morgan fingerprint density at radius 1 is 1.04 bits per heavy atom. The fourth-order valence-electron chi connectivity index (χ4n) is 2.14.